The molecule has 198 valence electrons. The molecule has 2 N–H and O–H groups in total. The topological polar surface area (TPSA) is 88.0 Å². The minimum Gasteiger partial charge on any atom is -0.376 e. The van der Waals surface area contributed by atoms with E-state index in [1.54, 1.807) is 21.6 Å². The molecule has 2 aromatic rings. The van der Waals surface area contributed by atoms with E-state index in [9.17, 15) is 9.59 Å². The van der Waals surface area contributed by atoms with E-state index in [1.165, 1.54) is 11.8 Å². The number of piperidine rings is 1. The first-order valence-electron chi connectivity index (χ1n) is 12.9. The molecule has 8 nitrogen and oxygen atoms in total. The third kappa shape index (κ3) is 5.62. The molecule has 10 heteroatoms. The van der Waals surface area contributed by atoms with E-state index in [-0.39, 0.29) is 34.7 Å². The molecule has 3 saturated heterocycles. The summed E-state index contributed by atoms with van der Waals surface area (Å²) in [5.41, 5.74) is 1.52. The largest absolute Gasteiger partial charge is 0.376 e. The van der Waals surface area contributed by atoms with Gasteiger partial charge in [-0.05, 0) is 78.0 Å². The zero-order chi connectivity index (χ0) is 26.5. The van der Waals surface area contributed by atoms with Crippen LogP contribution in [-0.4, -0.2) is 60.9 Å². The van der Waals surface area contributed by atoms with Gasteiger partial charge >= 0.3 is 0 Å². The quantitative estimate of drug-likeness (QED) is 0.432. The molecular formula is C27H35N5O3S2. The number of aryl methyl sites for hydroxylation is 1. The van der Waals surface area contributed by atoms with Crippen LogP contribution in [0.3, 0.4) is 0 Å². The van der Waals surface area contributed by atoms with Gasteiger partial charge in [-0.15, -0.1) is 0 Å². The second-order valence-electron chi connectivity index (χ2n) is 11.7. The van der Waals surface area contributed by atoms with Crippen molar-refractivity contribution < 1.29 is 9.53 Å². The molecule has 3 fully saturated rings. The zero-order valence-corrected chi connectivity index (χ0v) is 23.7. The standard InChI is InChI=1S/C27H35N5O3S2/c1-16-8-9-21-29-22(28-17-12-26(2,3)30-27(4,5)13-17)19(23(33)31(21)14-16)11-20-24(34)32(25(36)37-20)15-18-7-6-10-35-18/h8-9,11,14,17-18,28,30H,6-7,10,12-13,15H2,1-5H3. The van der Waals surface area contributed by atoms with Crippen LogP contribution >= 0.6 is 24.0 Å². The molecule has 5 heterocycles. The molecule has 0 spiro atoms. The van der Waals surface area contributed by atoms with Gasteiger partial charge in [0.2, 0.25) is 0 Å². The summed E-state index contributed by atoms with van der Waals surface area (Å²) < 4.78 is 7.76. The normalized spacial score (nSPS) is 24.9. The summed E-state index contributed by atoms with van der Waals surface area (Å²) in [5, 5.41) is 7.28. The molecule has 0 aliphatic carbocycles. The van der Waals surface area contributed by atoms with Crippen LogP contribution in [0.2, 0.25) is 0 Å². The van der Waals surface area contributed by atoms with Gasteiger partial charge in [-0.2, -0.15) is 0 Å². The van der Waals surface area contributed by atoms with Crippen molar-refractivity contribution in [3.05, 3.63) is 44.7 Å². The minimum atomic E-state index is -0.215. The third-order valence-electron chi connectivity index (χ3n) is 7.10. The van der Waals surface area contributed by atoms with Gasteiger partial charge < -0.3 is 15.4 Å². The highest BCUT2D eigenvalue weighted by molar-refractivity contribution is 8.26. The fourth-order valence-electron chi connectivity index (χ4n) is 5.90. The van der Waals surface area contributed by atoms with Crippen LogP contribution in [0.4, 0.5) is 5.82 Å². The van der Waals surface area contributed by atoms with Gasteiger partial charge in [0.1, 0.15) is 15.8 Å². The Hall–Kier alpha value is -2.27. The first kappa shape index (κ1) is 26.3. The number of thiocarbonyl (C=S) groups is 1. The second-order valence-corrected chi connectivity index (χ2v) is 13.4. The van der Waals surface area contributed by atoms with E-state index in [1.807, 2.05) is 19.1 Å². The van der Waals surface area contributed by atoms with E-state index in [0.717, 1.165) is 31.2 Å². The summed E-state index contributed by atoms with van der Waals surface area (Å²) in [4.78, 5) is 34.0. The molecule has 2 aromatic heterocycles. The van der Waals surface area contributed by atoms with E-state index < -0.39 is 0 Å². The number of rotatable bonds is 5. The zero-order valence-electron chi connectivity index (χ0n) is 22.1. The summed E-state index contributed by atoms with van der Waals surface area (Å²) >= 11 is 6.77. The predicted octanol–water partition coefficient (Wildman–Crippen LogP) is 4.10. The number of nitrogens with one attached hydrogen (secondary N) is 2. The van der Waals surface area contributed by atoms with Crippen LogP contribution in [0.5, 0.6) is 0 Å². The smallest absolute Gasteiger partial charge is 0.267 e. The molecule has 3 aliphatic heterocycles. The summed E-state index contributed by atoms with van der Waals surface area (Å²) in [6.07, 6.45) is 7.10. The highest BCUT2D eigenvalue weighted by Crippen LogP contribution is 2.35. The van der Waals surface area contributed by atoms with Crippen LogP contribution < -0.4 is 16.2 Å². The van der Waals surface area contributed by atoms with Crippen molar-refractivity contribution in [3.8, 4) is 0 Å². The summed E-state index contributed by atoms with van der Waals surface area (Å²) in [7, 11) is 0. The lowest BCUT2D eigenvalue weighted by atomic mass is 9.79. The maximum Gasteiger partial charge on any atom is 0.267 e. The number of fused-ring (bicyclic) bond motifs is 1. The van der Waals surface area contributed by atoms with Gasteiger partial charge in [-0.25, -0.2) is 4.98 Å². The molecule has 1 unspecified atom stereocenters. The van der Waals surface area contributed by atoms with Crippen molar-refractivity contribution in [2.24, 2.45) is 0 Å². The van der Waals surface area contributed by atoms with Gasteiger partial charge in [0, 0.05) is 29.9 Å². The lowest BCUT2D eigenvalue weighted by molar-refractivity contribution is -0.123. The molecule has 0 saturated carbocycles. The molecule has 1 amide bonds. The summed E-state index contributed by atoms with van der Waals surface area (Å²) in [6.45, 7) is 11.9. The highest BCUT2D eigenvalue weighted by atomic mass is 32.2. The van der Waals surface area contributed by atoms with Gasteiger partial charge in [0.05, 0.1) is 23.1 Å². The van der Waals surface area contributed by atoms with Crippen molar-refractivity contribution >= 4 is 51.7 Å². The Kier molecular flexibility index (Phi) is 6.97. The number of ether oxygens (including phenoxy) is 1. The number of aromatic nitrogens is 2. The second kappa shape index (κ2) is 9.80. The van der Waals surface area contributed by atoms with Crippen LogP contribution in [0.25, 0.3) is 11.7 Å². The van der Waals surface area contributed by atoms with Gasteiger partial charge in [0.15, 0.2) is 0 Å². The highest BCUT2D eigenvalue weighted by Gasteiger charge is 2.39. The fourth-order valence-corrected chi connectivity index (χ4v) is 7.15. The van der Waals surface area contributed by atoms with E-state index >= 15 is 0 Å². The van der Waals surface area contributed by atoms with Gasteiger partial charge in [-0.1, -0.05) is 30.0 Å². The van der Waals surface area contributed by atoms with Crippen LogP contribution in [0.15, 0.2) is 28.0 Å². The third-order valence-corrected chi connectivity index (χ3v) is 8.47. The number of thioether (sulfide) groups is 1. The van der Waals surface area contributed by atoms with E-state index in [2.05, 4.69) is 38.3 Å². The first-order chi connectivity index (χ1) is 17.4. The number of nitrogens with zero attached hydrogens (tertiary/aromatic N) is 3. The maximum atomic E-state index is 13.8. The predicted molar refractivity (Wildman–Crippen MR) is 153 cm³/mol. The SMILES string of the molecule is Cc1ccc2nc(NC3CC(C)(C)NC(C)(C)C3)c(C=C3SC(=S)N(CC4CCCO4)C3=O)c(=O)n2c1. The number of amides is 1. The van der Waals surface area contributed by atoms with Crippen molar-refractivity contribution in [1.29, 1.82) is 0 Å². The minimum absolute atomic E-state index is 0.00151. The number of anilines is 1. The lowest BCUT2D eigenvalue weighted by Gasteiger charge is -2.46. The molecule has 1 atom stereocenters. The van der Waals surface area contributed by atoms with Gasteiger partial charge in [-0.3, -0.25) is 18.9 Å². The van der Waals surface area contributed by atoms with Crippen molar-refractivity contribution in [1.82, 2.24) is 19.6 Å². The Balaban J connectivity index is 1.54. The molecule has 0 bridgehead atoms. The first-order valence-corrected chi connectivity index (χ1v) is 14.1. The average Bonchev–Trinajstić information content (AvgIpc) is 3.39. The van der Waals surface area contributed by atoms with Crippen molar-refractivity contribution in [2.75, 3.05) is 18.5 Å². The average molecular weight is 542 g/mol. The van der Waals surface area contributed by atoms with Crippen LogP contribution in [-0.2, 0) is 9.53 Å². The maximum absolute atomic E-state index is 13.8. The van der Waals surface area contributed by atoms with E-state index in [4.69, 9.17) is 21.9 Å². The number of carbonyl (C=O) groups is 1. The Morgan fingerprint density at radius 2 is 1.97 bits per heavy atom. The lowest BCUT2D eigenvalue weighted by Crippen LogP contribution is -2.60. The number of hydrogen-bond donors (Lipinski definition) is 2. The molecule has 5 rings (SSSR count). The Bertz CT molecular complexity index is 1330. The fraction of sp³-hybridized carbons (Fsp3) is 0.556. The molecule has 0 radical (unpaired) electrons. The number of pyridine rings is 1. The van der Waals surface area contributed by atoms with Crippen molar-refractivity contribution in [3.63, 3.8) is 0 Å². The van der Waals surface area contributed by atoms with E-state index in [0.29, 0.717) is 39.4 Å². The Morgan fingerprint density at radius 1 is 1.24 bits per heavy atom. The molecule has 37 heavy (non-hydrogen) atoms. The summed E-state index contributed by atoms with van der Waals surface area (Å²) in [5.74, 6) is 0.311. The van der Waals surface area contributed by atoms with Crippen molar-refractivity contribution in [2.45, 2.75) is 83.5 Å². The Morgan fingerprint density at radius 3 is 2.65 bits per heavy atom. The summed E-state index contributed by atoms with van der Waals surface area (Å²) in [6, 6.07) is 3.90. The number of carbonyl (C=O) groups excluding carboxylic acids is 1. The molecular weight excluding hydrogens is 506 g/mol. The molecule has 0 aromatic carbocycles. The monoisotopic (exact) mass is 541 g/mol. The van der Waals surface area contributed by atoms with Crippen LogP contribution in [0, 0.1) is 6.92 Å². The number of hydrogen-bond acceptors (Lipinski definition) is 8. The molecule has 3 aliphatic rings. The van der Waals surface area contributed by atoms with Gasteiger partial charge in [0.25, 0.3) is 11.5 Å². The van der Waals surface area contributed by atoms with Crippen LogP contribution in [0.1, 0.15) is 64.5 Å². The Labute approximate surface area is 227 Å².